The minimum Gasteiger partial charge on any atom is -0.309 e. The predicted octanol–water partition coefficient (Wildman–Crippen LogP) is 16.0. The molecule has 0 bridgehead atoms. The summed E-state index contributed by atoms with van der Waals surface area (Å²) in [6.07, 6.45) is 10.3. The minimum absolute atomic E-state index is 0.0904. The number of nitrogens with zero attached hydrogens (tertiary/aromatic N) is 2. The van der Waals surface area contributed by atoms with E-state index in [1.54, 1.807) is 11.3 Å². The second-order valence-corrected chi connectivity index (χ2v) is 16.4. The van der Waals surface area contributed by atoms with E-state index in [4.69, 9.17) is 4.98 Å². The zero-order valence-electron chi connectivity index (χ0n) is 34.1. The quantitative estimate of drug-likeness (QED) is 0.141. The summed E-state index contributed by atoms with van der Waals surface area (Å²) in [5.41, 5.74) is 17.3. The highest BCUT2D eigenvalue weighted by molar-refractivity contribution is 7.18. The maximum Gasteiger partial charge on any atom is 0.124 e. The summed E-state index contributed by atoms with van der Waals surface area (Å²) < 4.78 is 2.41. The summed E-state index contributed by atoms with van der Waals surface area (Å²) in [6, 6.07) is 47.2. The lowest BCUT2D eigenvalue weighted by atomic mass is 9.82. The fourth-order valence-corrected chi connectivity index (χ4v) is 9.56. The van der Waals surface area contributed by atoms with Gasteiger partial charge in [-0.05, 0) is 117 Å². The average molecular weight is 759 g/mol. The number of rotatable bonds is 8. The van der Waals surface area contributed by atoms with Gasteiger partial charge in [-0.2, -0.15) is 0 Å². The van der Waals surface area contributed by atoms with Crippen molar-refractivity contribution in [2.45, 2.75) is 59.8 Å². The molecule has 0 amide bonds. The standard InChI is InChI=1S/C52H44N2S.C2H6/c1-7-15-39(16-8-2)54-48-26-24-38(28-43(48)44-30-42-41-21-12-13-22-46(41)52(5,6)47(42)31-49(44)54)36-20-14-19-35(27-36)37-23-25-40(33(3)4)45(29-37)51-53-32-50(55-51)34-17-10-9-11-18-34;1-2/h7-33H,1H2,2-6H3;1-2H3/b16-8-,39-15+;. The molecular formula is C54H50N2S. The molecule has 0 spiro atoms. The van der Waals surface area contributed by atoms with Crippen molar-refractivity contribution in [1.82, 2.24) is 9.55 Å². The molecule has 2 nitrogen and oxygen atoms in total. The highest BCUT2D eigenvalue weighted by Gasteiger charge is 2.36. The van der Waals surface area contributed by atoms with E-state index in [0.717, 1.165) is 10.7 Å². The van der Waals surface area contributed by atoms with Crippen LogP contribution in [0.2, 0.25) is 0 Å². The molecule has 8 aromatic rings. The minimum atomic E-state index is -0.0904. The van der Waals surface area contributed by atoms with E-state index in [0.29, 0.717) is 5.92 Å². The van der Waals surface area contributed by atoms with Crippen LogP contribution >= 0.6 is 11.3 Å². The third kappa shape index (κ3) is 6.60. The lowest BCUT2D eigenvalue weighted by Crippen LogP contribution is -2.15. The Bertz CT molecular complexity index is 2840. The van der Waals surface area contributed by atoms with Crippen LogP contribution in [0.1, 0.15) is 71.1 Å². The monoisotopic (exact) mass is 758 g/mol. The fraction of sp³-hybridized carbons (Fsp3) is 0.167. The van der Waals surface area contributed by atoms with Gasteiger partial charge in [-0.3, -0.25) is 0 Å². The van der Waals surface area contributed by atoms with E-state index >= 15 is 0 Å². The fourth-order valence-electron chi connectivity index (χ4n) is 8.60. The summed E-state index contributed by atoms with van der Waals surface area (Å²) in [4.78, 5) is 6.13. The third-order valence-electron chi connectivity index (χ3n) is 11.4. The molecule has 282 valence electrons. The van der Waals surface area contributed by atoms with E-state index in [-0.39, 0.29) is 5.41 Å². The molecule has 0 aliphatic heterocycles. The van der Waals surface area contributed by atoms with Gasteiger partial charge in [0, 0.05) is 33.6 Å². The lowest BCUT2D eigenvalue weighted by molar-refractivity contribution is 0.661. The van der Waals surface area contributed by atoms with Crippen LogP contribution in [0.5, 0.6) is 0 Å². The van der Waals surface area contributed by atoms with Crippen LogP contribution < -0.4 is 0 Å². The third-order valence-corrected chi connectivity index (χ3v) is 12.4. The van der Waals surface area contributed by atoms with Crippen molar-refractivity contribution >= 4 is 38.8 Å². The molecule has 1 aliphatic rings. The van der Waals surface area contributed by atoms with Gasteiger partial charge < -0.3 is 4.57 Å². The Morgan fingerprint density at radius 3 is 2.07 bits per heavy atom. The molecule has 9 rings (SSSR count). The number of allylic oxidation sites excluding steroid dienone is 5. The first kappa shape index (κ1) is 37.9. The molecule has 0 radical (unpaired) electrons. The molecule has 0 atom stereocenters. The largest absolute Gasteiger partial charge is 0.309 e. The van der Waals surface area contributed by atoms with Crippen LogP contribution in [0.3, 0.4) is 0 Å². The van der Waals surface area contributed by atoms with Gasteiger partial charge in [-0.1, -0.05) is 151 Å². The molecule has 2 aromatic heterocycles. The van der Waals surface area contributed by atoms with Gasteiger partial charge in [0.2, 0.25) is 0 Å². The highest BCUT2D eigenvalue weighted by Crippen LogP contribution is 2.51. The van der Waals surface area contributed by atoms with Crippen LogP contribution in [0.15, 0.2) is 164 Å². The molecule has 0 unspecified atom stereocenters. The highest BCUT2D eigenvalue weighted by atomic mass is 32.1. The Morgan fingerprint density at radius 2 is 1.33 bits per heavy atom. The molecule has 6 aromatic carbocycles. The Balaban J connectivity index is 0.00000224. The van der Waals surface area contributed by atoms with Crippen molar-refractivity contribution in [2.75, 3.05) is 0 Å². The van der Waals surface area contributed by atoms with Crippen molar-refractivity contribution in [2.24, 2.45) is 0 Å². The number of hydrogen-bond donors (Lipinski definition) is 0. The summed E-state index contributed by atoms with van der Waals surface area (Å²) in [7, 11) is 0. The van der Waals surface area contributed by atoms with Crippen LogP contribution in [0.25, 0.3) is 81.9 Å². The zero-order chi connectivity index (χ0) is 39.8. The average Bonchev–Trinajstić information content (AvgIpc) is 3.93. The molecule has 1 aliphatic carbocycles. The maximum atomic E-state index is 4.94. The molecule has 2 heterocycles. The SMILES string of the molecule is C=C/C=C(\C=C/C)n1c2ccc(-c3cccc(-c4ccc(C(C)C)c(-c5ncc(-c6ccccc6)s5)c4)c3)cc2c2cc3c(cc21)C(C)(C)c1ccccc1-3.CC. The van der Waals surface area contributed by atoms with Crippen molar-refractivity contribution in [3.63, 3.8) is 0 Å². The molecular weight excluding hydrogens is 709 g/mol. The van der Waals surface area contributed by atoms with E-state index in [1.807, 2.05) is 26.1 Å². The van der Waals surface area contributed by atoms with Crippen LogP contribution in [-0.2, 0) is 5.41 Å². The number of benzene rings is 6. The van der Waals surface area contributed by atoms with E-state index in [1.165, 1.54) is 87.9 Å². The Hall–Kier alpha value is -6.03. The zero-order valence-corrected chi connectivity index (χ0v) is 34.9. The van der Waals surface area contributed by atoms with Crippen molar-refractivity contribution in [3.05, 3.63) is 181 Å². The van der Waals surface area contributed by atoms with Gasteiger partial charge in [0.05, 0.1) is 15.9 Å². The summed E-state index contributed by atoms with van der Waals surface area (Å²) in [6.45, 7) is 19.4. The first-order chi connectivity index (χ1) is 27.8. The molecule has 0 saturated carbocycles. The van der Waals surface area contributed by atoms with Crippen molar-refractivity contribution < 1.29 is 0 Å². The second-order valence-electron chi connectivity index (χ2n) is 15.4. The molecule has 0 fully saturated rings. The van der Waals surface area contributed by atoms with Crippen molar-refractivity contribution in [3.8, 4) is 54.4 Å². The molecule has 3 heteroatoms. The first-order valence-electron chi connectivity index (χ1n) is 20.2. The van der Waals surface area contributed by atoms with Crippen molar-refractivity contribution in [1.29, 1.82) is 0 Å². The van der Waals surface area contributed by atoms with Crippen LogP contribution in [-0.4, -0.2) is 9.55 Å². The van der Waals surface area contributed by atoms with Gasteiger partial charge >= 0.3 is 0 Å². The smallest absolute Gasteiger partial charge is 0.124 e. The first-order valence-corrected chi connectivity index (χ1v) is 21.0. The van der Waals surface area contributed by atoms with Crippen LogP contribution in [0, 0.1) is 0 Å². The topological polar surface area (TPSA) is 17.8 Å². The molecule has 0 N–H and O–H groups in total. The van der Waals surface area contributed by atoms with E-state index in [9.17, 15) is 0 Å². The summed E-state index contributed by atoms with van der Waals surface area (Å²) >= 11 is 1.76. The number of fused-ring (bicyclic) bond motifs is 6. The van der Waals surface area contributed by atoms with Crippen LogP contribution in [0.4, 0.5) is 0 Å². The Kier molecular flexibility index (Phi) is 10.3. The molecule has 57 heavy (non-hydrogen) atoms. The van der Waals surface area contributed by atoms with E-state index < -0.39 is 0 Å². The summed E-state index contributed by atoms with van der Waals surface area (Å²) in [5, 5.41) is 3.55. The van der Waals surface area contributed by atoms with Gasteiger partial charge in [0.15, 0.2) is 0 Å². The number of thiazole rings is 1. The Morgan fingerprint density at radius 1 is 0.667 bits per heavy atom. The maximum absolute atomic E-state index is 4.94. The predicted molar refractivity (Wildman–Crippen MR) is 249 cm³/mol. The van der Waals surface area contributed by atoms with Gasteiger partial charge in [-0.25, -0.2) is 4.98 Å². The summed E-state index contributed by atoms with van der Waals surface area (Å²) in [5.74, 6) is 0.378. The van der Waals surface area contributed by atoms with Gasteiger partial charge in [-0.15, -0.1) is 11.3 Å². The normalized spacial score (nSPS) is 13.2. The lowest BCUT2D eigenvalue weighted by Gasteiger charge is -2.21. The van der Waals surface area contributed by atoms with E-state index in [2.05, 4.69) is 191 Å². The Labute approximate surface area is 342 Å². The number of aromatic nitrogens is 2. The molecule has 0 saturated heterocycles. The second kappa shape index (κ2) is 15.5. The van der Waals surface area contributed by atoms with Gasteiger partial charge in [0.1, 0.15) is 5.01 Å². The number of hydrogen-bond acceptors (Lipinski definition) is 2. The van der Waals surface area contributed by atoms with Gasteiger partial charge in [0.25, 0.3) is 0 Å².